The van der Waals surface area contributed by atoms with E-state index in [4.69, 9.17) is 17.3 Å². The van der Waals surface area contributed by atoms with Crippen molar-refractivity contribution in [3.8, 4) is 0 Å². The number of anilines is 2. The third-order valence-corrected chi connectivity index (χ3v) is 4.85. The van der Waals surface area contributed by atoms with Crippen LogP contribution in [0, 0.1) is 0 Å². The lowest BCUT2D eigenvalue weighted by atomic mass is 10.2. The number of nitrogens with two attached hydrogens (primary N) is 1. The van der Waals surface area contributed by atoms with Crippen molar-refractivity contribution >= 4 is 34.9 Å². The van der Waals surface area contributed by atoms with E-state index in [1.165, 1.54) is 12.1 Å². The summed E-state index contributed by atoms with van der Waals surface area (Å²) in [6, 6.07) is 4.18. The van der Waals surface area contributed by atoms with Crippen LogP contribution in [0.1, 0.15) is 22.5 Å². The summed E-state index contributed by atoms with van der Waals surface area (Å²) in [5.41, 5.74) is 4.75. The summed E-state index contributed by atoms with van der Waals surface area (Å²) >= 11 is 5.94. The molecule has 0 saturated carbocycles. The second kappa shape index (κ2) is 8.84. The van der Waals surface area contributed by atoms with Crippen molar-refractivity contribution in [2.45, 2.75) is 18.6 Å². The van der Waals surface area contributed by atoms with Crippen LogP contribution in [0.3, 0.4) is 0 Å². The van der Waals surface area contributed by atoms with E-state index in [9.17, 15) is 22.8 Å². The van der Waals surface area contributed by atoms with Crippen LogP contribution in [0.2, 0.25) is 5.02 Å². The number of amides is 2. The van der Waals surface area contributed by atoms with E-state index >= 15 is 0 Å². The lowest BCUT2D eigenvalue weighted by Gasteiger charge is -2.17. The molecule has 1 unspecified atom stereocenters. The Labute approximate surface area is 174 Å². The van der Waals surface area contributed by atoms with Gasteiger partial charge in [0.05, 0.1) is 12.1 Å². The Kier molecular flexibility index (Phi) is 6.42. The fourth-order valence-electron chi connectivity index (χ4n) is 3.07. The summed E-state index contributed by atoms with van der Waals surface area (Å²) in [7, 11) is 0. The normalized spacial score (nSPS) is 17.0. The number of carbonyl (C=O) groups excluding carboxylic acids is 2. The zero-order valence-electron chi connectivity index (χ0n) is 15.5. The molecular formula is C18H18ClF3N6O2. The molecule has 160 valence electrons. The summed E-state index contributed by atoms with van der Waals surface area (Å²) in [6.07, 6.45) is -2.77. The molecule has 0 aliphatic carbocycles. The number of nitrogen functional groups attached to an aromatic ring is 1. The van der Waals surface area contributed by atoms with E-state index in [-0.39, 0.29) is 34.8 Å². The van der Waals surface area contributed by atoms with E-state index < -0.39 is 23.6 Å². The fraction of sp³-hybridized carbons (Fsp3) is 0.333. The monoisotopic (exact) mass is 442 g/mol. The highest BCUT2D eigenvalue weighted by Crippen LogP contribution is 2.30. The molecule has 12 heteroatoms. The average molecular weight is 443 g/mol. The summed E-state index contributed by atoms with van der Waals surface area (Å²) in [4.78, 5) is 33.8. The molecule has 1 aromatic heterocycles. The Morgan fingerprint density at radius 2 is 2.07 bits per heavy atom. The number of aromatic nitrogens is 2. The highest BCUT2D eigenvalue weighted by molar-refractivity contribution is 6.35. The smallest absolute Gasteiger partial charge is 0.382 e. The van der Waals surface area contributed by atoms with Crippen molar-refractivity contribution in [1.29, 1.82) is 0 Å². The Balaban J connectivity index is 1.52. The SMILES string of the molecule is Nc1ncnc(C(=O)NC2CCN(CC(=O)Nc3cccc(C(F)(F)F)c3)C2)c1Cl. The largest absolute Gasteiger partial charge is 0.416 e. The van der Waals surface area contributed by atoms with Gasteiger partial charge in [-0.25, -0.2) is 9.97 Å². The lowest BCUT2D eigenvalue weighted by Crippen LogP contribution is -2.39. The molecule has 3 rings (SSSR count). The molecule has 1 aliphatic rings. The zero-order chi connectivity index (χ0) is 21.9. The molecule has 4 N–H and O–H groups in total. The third-order valence-electron chi connectivity index (χ3n) is 4.48. The van der Waals surface area contributed by atoms with E-state index in [1.54, 1.807) is 4.90 Å². The van der Waals surface area contributed by atoms with Crippen molar-refractivity contribution in [2.24, 2.45) is 0 Å². The molecule has 1 aliphatic heterocycles. The van der Waals surface area contributed by atoms with Crippen LogP contribution in [0.25, 0.3) is 0 Å². The first-order valence-corrected chi connectivity index (χ1v) is 9.27. The van der Waals surface area contributed by atoms with Gasteiger partial charge in [0.15, 0.2) is 5.69 Å². The molecule has 2 amide bonds. The number of likely N-dealkylation sites (tertiary alicyclic amines) is 1. The number of alkyl halides is 3. The average Bonchev–Trinajstić information content (AvgIpc) is 3.10. The van der Waals surface area contributed by atoms with Gasteiger partial charge in [-0.05, 0) is 24.6 Å². The first kappa shape index (κ1) is 21.8. The highest BCUT2D eigenvalue weighted by Gasteiger charge is 2.31. The Bertz CT molecular complexity index is 956. The van der Waals surface area contributed by atoms with E-state index in [0.29, 0.717) is 19.5 Å². The first-order valence-electron chi connectivity index (χ1n) is 8.90. The topological polar surface area (TPSA) is 113 Å². The van der Waals surface area contributed by atoms with Crippen molar-refractivity contribution in [3.05, 3.63) is 46.9 Å². The molecule has 8 nitrogen and oxygen atoms in total. The molecule has 2 heterocycles. The van der Waals surface area contributed by atoms with Gasteiger partial charge in [-0.2, -0.15) is 13.2 Å². The molecule has 0 spiro atoms. The quantitative estimate of drug-likeness (QED) is 0.654. The second-order valence-corrected chi connectivity index (χ2v) is 7.12. The van der Waals surface area contributed by atoms with E-state index in [0.717, 1.165) is 18.5 Å². The number of hydrogen-bond donors (Lipinski definition) is 3. The predicted octanol–water partition coefficient (Wildman–Crippen LogP) is 2.17. The minimum atomic E-state index is -4.49. The van der Waals surface area contributed by atoms with Gasteiger partial charge in [0.25, 0.3) is 5.91 Å². The van der Waals surface area contributed by atoms with Gasteiger partial charge in [-0.3, -0.25) is 14.5 Å². The van der Waals surface area contributed by atoms with Gasteiger partial charge < -0.3 is 16.4 Å². The van der Waals surface area contributed by atoms with Gasteiger partial charge in [0.1, 0.15) is 17.2 Å². The molecule has 30 heavy (non-hydrogen) atoms. The molecular weight excluding hydrogens is 425 g/mol. The minimum absolute atomic E-state index is 0.00358. The van der Waals surface area contributed by atoms with Gasteiger partial charge in [0, 0.05) is 24.8 Å². The number of benzene rings is 1. The maximum absolute atomic E-state index is 12.8. The van der Waals surface area contributed by atoms with Crippen molar-refractivity contribution in [3.63, 3.8) is 0 Å². The molecule has 1 fully saturated rings. The lowest BCUT2D eigenvalue weighted by molar-refractivity contribution is -0.137. The minimum Gasteiger partial charge on any atom is -0.382 e. The number of hydrogen-bond acceptors (Lipinski definition) is 6. The van der Waals surface area contributed by atoms with Crippen LogP contribution in [-0.2, 0) is 11.0 Å². The van der Waals surface area contributed by atoms with Crippen LogP contribution >= 0.6 is 11.6 Å². The van der Waals surface area contributed by atoms with Crippen LogP contribution < -0.4 is 16.4 Å². The van der Waals surface area contributed by atoms with Crippen molar-refractivity contribution in [1.82, 2.24) is 20.2 Å². The van der Waals surface area contributed by atoms with Crippen LogP contribution in [0.5, 0.6) is 0 Å². The van der Waals surface area contributed by atoms with Crippen molar-refractivity contribution in [2.75, 3.05) is 30.7 Å². The van der Waals surface area contributed by atoms with Gasteiger partial charge in [-0.1, -0.05) is 17.7 Å². The zero-order valence-corrected chi connectivity index (χ0v) is 16.3. The summed E-state index contributed by atoms with van der Waals surface area (Å²) in [5.74, 6) is -0.960. The Morgan fingerprint density at radius 1 is 1.30 bits per heavy atom. The number of halogens is 4. The van der Waals surface area contributed by atoms with Gasteiger partial charge >= 0.3 is 6.18 Å². The molecule has 2 aromatic rings. The van der Waals surface area contributed by atoms with E-state index in [1.807, 2.05) is 0 Å². The number of nitrogens with one attached hydrogen (secondary N) is 2. The van der Waals surface area contributed by atoms with Crippen LogP contribution in [0.15, 0.2) is 30.6 Å². The molecule has 1 saturated heterocycles. The standard InChI is InChI=1S/C18H18ClF3N6O2/c19-14-15(24-9-25-16(14)23)17(30)27-12-4-5-28(7-12)8-13(29)26-11-3-1-2-10(6-11)18(20,21)22/h1-3,6,9,12H,4-5,7-8H2,(H,26,29)(H,27,30)(H2,23,24,25). The fourth-order valence-corrected chi connectivity index (χ4v) is 3.25. The highest BCUT2D eigenvalue weighted by atomic mass is 35.5. The summed E-state index contributed by atoms with van der Waals surface area (Å²) in [6.45, 7) is 0.893. The summed E-state index contributed by atoms with van der Waals surface area (Å²) < 4.78 is 38.3. The molecule has 0 radical (unpaired) electrons. The third kappa shape index (κ3) is 5.36. The maximum Gasteiger partial charge on any atom is 0.416 e. The molecule has 0 bridgehead atoms. The van der Waals surface area contributed by atoms with Crippen LogP contribution in [-0.4, -0.2) is 52.4 Å². The maximum atomic E-state index is 12.8. The second-order valence-electron chi connectivity index (χ2n) is 6.74. The van der Waals surface area contributed by atoms with Gasteiger partial charge in [0.2, 0.25) is 5.91 Å². The Morgan fingerprint density at radius 3 is 2.80 bits per heavy atom. The number of rotatable bonds is 5. The first-order chi connectivity index (χ1) is 14.1. The van der Waals surface area contributed by atoms with Crippen LogP contribution in [0.4, 0.5) is 24.7 Å². The Hall–Kier alpha value is -2.92. The van der Waals surface area contributed by atoms with Gasteiger partial charge in [-0.15, -0.1) is 0 Å². The predicted molar refractivity (Wildman–Crippen MR) is 104 cm³/mol. The molecule has 1 atom stereocenters. The number of carbonyl (C=O) groups is 2. The van der Waals surface area contributed by atoms with E-state index in [2.05, 4.69) is 20.6 Å². The number of nitrogens with zero attached hydrogens (tertiary/aromatic N) is 3. The summed E-state index contributed by atoms with van der Waals surface area (Å²) in [5, 5.41) is 5.20. The van der Waals surface area contributed by atoms with Crippen molar-refractivity contribution < 1.29 is 22.8 Å². The molecule has 1 aromatic carbocycles.